The Kier molecular flexibility index (Phi) is 15.6. The number of carboxylic acids is 3. The first-order valence-corrected chi connectivity index (χ1v) is 8.53. The smallest absolute Gasteiger partial charge is 0.548 e. The number of aliphatic hydroxyl groups is 1. The summed E-state index contributed by atoms with van der Waals surface area (Å²) in [7, 11) is 0. The first kappa shape index (κ1) is 28.9. The van der Waals surface area contributed by atoms with E-state index >= 15 is 0 Å². The molecule has 10 heteroatoms. The molecular formula is C17H29KN2O7. The van der Waals surface area contributed by atoms with Crippen molar-refractivity contribution in [1.29, 1.82) is 0 Å². The van der Waals surface area contributed by atoms with Crippen molar-refractivity contribution in [3.8, 4) is 0 Å². The molecule has 0 aromatic carbocycles. The van der Waals surface area contributed by atoms with Crippen LogP contribution in [0.3, 0.4) is 0 Å². The van der Waals surface area contributed by atoms with Gasteiger partial charge in [-0.05, 0) is 27.2 Å². The maximum Gasteiger partial charge on any atom is 1.00 e. The molecule has 0 amide bonds. The average molecular weight is 413 g/mol. The molecule has 0 spiro atoms. The van der Waals surface area contributed by atoms with Crippen LogP contribution >= 0.6 is 0 Å². The monoisotopic (exact) mass is 412 g/mol. The number of carboxylic acid groups (broad SMARTS) is 3. The third-order valence-corrected chi connectivity index (χ3v) is 4.26. The third-order valence-electron chi connectivity index (χ3n) is 4.26. The van der Waals surface area contributed by atoms with Crippen LogP contribution < -0.4 is 56.5 Å². The second kappa shape index (κ2) is 14.6. The summed E-state index contributed by atoms with van der Waals surface area (Å²) in [6.45, 7) is 6.09. The van der Waals surface area contributed by atoms with Gasteiger partial charge in [0.05, 0.1) is 12.1 Å². The van der Waals surface area contributed by atoms with E-state index in [-0.39, 0.29) is 71.0 Å². The van der Waals surface area contributed by atoms with Crippen molar-refractivity contribution >= 4 is 17.9 Å². The number of hydrogen-bond donors (Lipinski definition) is 3. The zero-order valence-corrected chi connectivity index (χ0v) is 19.8. The number of aliphatic hydroxyl groups excluding tert-OH is 1. The molecule has 0 saturated carbocycles. The number of hydrogen-bond acceptors (Lipinski definition) is 7. The van der Waals surface area contributed by atoms with Gasteiger partial charge in [-0.2, -0.15) is 0 Å². The van der Waals surface area contributed by atoms with Crippen molar-refractivity contribution in [3.05, 3.63) is 12.2 Å². The van der Waals surface area contributed by atoms with Crippen molar-refractivity contribution in [3.63, 3.8) is 0 Å². The zero-order chi connectivity index (χ0) is 20.4. The van der Waals surface area contributed by atoms with Gasteiger partial charge in [0.1, 0.15) is 12.1 Å². The summed E-state index contributed by atoms with van der Waals surface area (Å²) in [6, 6.07) is -3.15. The van der Waals surface area contributed by atoms with Crippen LogP contribution in [-0.4, -0.2) is 86.9 Å². The summed E-state index contributed by atoms with van der Waals surface area (Å²) in [4.78, 5) is 36.4. The van der Waals surface area contributed by atoms with Gasteiger partial charge in [0, 0.05) is 25.7 Å². The number of nitrogens with zero attached hydrogens (tertiary/aromatic N) is 2. The Morgan fingerprint density at radius 3 is 1.85 bits per heavy atom. The second-order valence-corrected chi connectivity index (χ2v) is 6.16. The van der Waals surface area contributed by atoms with Crippen LogP contribution in [0, 0.1) is 0 Å². The number of rotatable bonds is 13. The van der Waals surface area contributed by atoms with E-state index in [0.29, 0.717) is 6.42 Å². The van der Waals surface area contributed by atoms with Gasteiger partial charge in [-0.25, -0.2) is 0 Å². The van der Waals surface area contributed by atoms with Crippen molar-refractivity contribution in [2.75, 3.05) is 19.6 Å². The van der Waals surface area contributed by atoms with Gasteiger partial charge >= 0.3 is 63.3 Å². The van der Waals surface area contributed by atoms with Crippen LogP contribution in [0.25, 0.3) is 0 Å². The van der Waals surface area contributed by atoms with Crippen molar-refractivity contribution in [1.82, 2.24) is 9.80 Å². The van der Waals surface area contributed by atoms with Crippen LogP contribution in [0.4, 0.5) is 0 Å². The quantitative estimate of drug-likeness (QED) is 0.204. The molecule has 0 rings (SSSR count). The molecular weight excluding hydrogens is 383 g/mol. The summed E-state index contributed by atoms with van der Waals surface area (Å²) >= 11 is 0. The van der Waals surface area contributed by atoms with Crippen LogP contribution in [0.2, 0.25) is 0 Å². The predicted molar refractivity (Wildman–Crippen MR) is 92.4 cm³/mol. The summed E-state index contributed by atoms with van der Waals surface area (Å²) in [5.74, 6) is -3.69. The molecule has 27 heavy (non-hydrogen) atoms. The summed E-state index contributed by atoms with van der Waals surface area (Å²) in [5.41, 5.74) is 0. The zero-order valence-electron chi connectivity index (χ0n) is 16.7. The largest absolute Gasteiger partial charge is 1.00 e. The Bertz CT molecular complexity index is 496. The molecule has 0 fully saturated rings. The van der Waals surface area contributed by atoms with Crippen LogP contribution in [0.15, 0.2) is 12.2 Å². The minimum Gasteiger partial charge on any atom is -0.548 e. The normalized spacial score (nSPS) is 16.0. The SMILES string of the molecule is CC/C=C/C(O)CN(CCN(C(C)C(=O)O)C(C)C(=O)O)C(C)C(=O)[O-].[K+]. The maximum absolute atomic E-state index is 11.2. The molecule has 0 bridgehead atoms. The molecule has 150 valence electrons. The van der Waals surface area contributed by atoms with Gasteiger partial charge in [0.2, 0.25) is 0 Å². The van der Waals surface area contributed by atoms with Gasteiger partial charge < -0.3 is 25.2 Å². The van der Waals surface area contributed by atoms with Crippen LogP contribution in [0.5, 0.6) is 0 Å². The molecule has 0 aliphatic rings. The predicted octanol–water partition coefficient (Wildman–Crippen LogP) is -3.99. The van der Waals surface area contributed by atoms with E-state index in [1.54, 1.807) is 12.2 Å². The summed E-state index contributed by atoms with van der Waals surface area (Å²) in [6.07, 6.45) is 3.11. The Morgan fingerprint density at radius 2 is 1.48 bits per heavy atom. The fraction of sp³-hybridized carbons (Fsp3) is 0.706. The molecule has 9 nitrogen and oxygen atoms in total. The van der Waals surface area contributed by atoms with E-state index < -0.39 is 42.1 Å². The number of carbonyl (C=O) groups excluding carboxylic acids is 1. The van der Waals surface area contributed by atoms with Gasteiger partial charge in [0.25, 0.3) is 0 Å². The Hall–Kier alpha value is -0.334. The van der Waals surface area contributed by atoms with E-state index in [4.69, 9.17) is 0 Å². The molecule has 0 heterocycles. The minimum absolute atomic E-state index is 0. The van der Waals surface area contributed by atoms with Gasteiger partial charge in [0.15, 0.2) is 0 Å². The first-order chi connectivity index (χ1) is 12.0. The average Bonchev–Trinajstić information content (AvgIpc) is 2.57. The molecule has 4 unspecified atom stereocenters. The fourth-order valence-electron chi connectivity index (χ4n) is 2.44. The molecule has 3 N–H and O–H groups in total. The van der Waals surface area contributed by atoms with E-state index in [1.807, 2.05) is 6.92 Å². The van der Waals surface area contributed by atoms with Crippen molar-refractivity contribution < 1.29 is 86.2 Å². The molecule has 0 saturated heterocycles. The molecule has 0 aromatic rings. The van der Waals surface area contributed by atoms with Crippen molar-refractivity contribution in [2.45, 2.75) is 58.3 Å². The summed E-state index contributed by atoms with van der Waals surface area (Å²) in [5, 5.41) is 39.6. The van der Waals surface area contributed by atoms with Crippen LogP contribution in [-0.2, 0) is 14.4 Å². The van der Waals surface area contributed by atoms with Gasteiger partial charge in [-0.3, -0.25) is 19.4 Å². The Labute approximate surface area is 202 Å². The first-order valence-electron chi connectivity index (χ1n) is 8.53. The molecule has 0 aliphatic carbocycles. The van der Waals surface area contributed by atoms with Gasteiger partial charge in [-0.15, -0.1) is 0 Å². The minimum atomic E-state index is -1.33. The molecule has 0 aromatic heterocycles. The van der Waals surface area contributed by atoms with Crippen molar-refractivity contribution in [2.24, 2.45) is 0 Å². The van der Waals surface area contributed by atoms with Gasteiger partial charge in [-0.1, -0.05) is 19.1 Å². The third kappa shape index (κ3) is 10.7. The molecule has 0 aliphatic heterocycles. The second-order valence-electron chi connectivity index (χ2n) is 6.16. The number of aliphatic carboxylic acids is 3. The standard InChI is InChI=1S/C17H30N2O7.K/c1-5-6-7-14(20)10-18(11(2)15(21)22)8-9-19(12(3)16(23)24)13(4)17(25)26;/h6-7,11-14,20H,5,8-10H2,1-4H3,(H,21,22)(H,23,24)(H,25,26);/q;+1/p-1/b7-6+;. The summed E-state index contributed by atoms with van der Waals surface area (Å²) < 4.78 is 0. The van der Waals surface area contributed by atoms with E-state index in [9.17, 15) is 34.8 Å². The molecule has 0 radical (unpaired) electrons. The van der Waals surface area contributed by atoms with E-state index in [1.165, 1.54) is 30.6 Å². The van der Waals surface area contributed by atoms with Crippen LogP contribution in [0.1, 0.15) is 34.1 Å². The van der Waals surface area contributed by atoms with E-state index in [2.05, 4.69) is 0 Å². The number of allylic oxidation sites excluding steroid dienone is 1. The molecule has 4 atom stereocenters. The fourth-order valence-corrected chi connectivity index (χ4v) is 2.44. The number of carbonyl (C=O) groups is 3. The Balaban J connectivity index is 0. The topological polar surface area (TPSA) is 141 Å². The Morgan fingerprint density at radius 1 is 1.00 bits per heavy atom. The van der Waals surface area contributed by atoms with E-state index in [0.717, 1.165) is 0 Å². The maximum atomic E-state index is 11.2.